The zero-order chi connectivity index (χ0) is 8.54. The lowest BCUT2D eigenvalue weighted by Gasteiger charge is -2.23. The lowest BCUT2D eigenvalue weighted by Crippen LogP contribution is -2.36. The fourth-order valence-electron chi connectivity index (χ4n) is 0.972. The van der Waals surface area contributed by atoms with Gasteiger partial charge in [-0.1, -0.05) is 0 Å². The van der Waals surface area contributed by atoms with Gasteiger partial charge in [-0.25, -0.2) is 0 Å². The molecule has 1 N–H and O–H groups in total. The first-order chi connectivity index (χ1) is 4.97. The summed E-state index contributed by atoms with van der Waals surface area (Å²) in [4.78, 5) is 0. The van der Waals surface area contributed by atoms with Crippen LogP contribution in [0.2, 0.25) is 0 Å². The van der Waals surface area contributed by atoms with E-state index in [1.807, 2.05) is 7.05 Å². The number of nitrogens with one attached hydrogen (secondary N) is 1. The van der Waals surface area contributed by atoms with Crippen LogP contribution in [0, 0.1) is 0 Å². The zero-order valence-electron chi connectivity index (χ0n) is 8.03. The van der Waals surface area contributed by atoms with E-state index >= 15 is 0 Å². The molecule has 0 aromatic heterocycles. The molecule has 0 heterocycles. The standard InChI is InChI=1S/C9H19NO/c1-8(2,3)11-7-9(10-4)5-6-9/h10H,5-7H2,1-4H3. The molecule has 0 radical (unpaired) electrons. The van der Waals surface area contributed by atoms with E-state index in [4.69, 9.17) is 4.74 Å². The lowest BCUT2D eigenvalue weighted by atomic mass is 10.2. The van der Waals surface area contributed by atoms with Gasteiger partial charge in [0.15, 0.2) is 0 Å². The van der Waals surface area contributed by atoms with E-state index < -0.39 is 0 Å². The molecule has 1 saturated carbocycles. The second-order valence-electron chi connectivity index (χ2n) is 4.43. The van der Waals surface area contributed by atoms with Crippen LogP contribution in [-0.4, -0.2) is 24.8 Å². The van der Waals surface area contributed by atoms with Gasteiger partial charge in [0, 0.05) is 5.54 Å². The fourth-order valence-corrected chi connectivity index (χ4v) is 0.972. The van der Waals surface area contributed by atoms with Crippen molar-refractivity contribution >= 4 is 0 Å². The van der Waals surface area contributed by atoms with Gasteiger partial charge in [0.05, 0.1) is 12.2 Å². The van der Waals surface area contributed by atoms with Crippen molar-refractivity contribution in [1.29, 1.82) is 0 Å². The first-order valence-corrected chi connectivity index (χ1v) is 4.30. The van der Waals surface area contributed by atoms with Crippen molar-refractivity contribution in [2.45, 2.75) is 44.8 Å². The molecule has 0 spiro atoms. The van der Waals surface area contributed by atoms with Crippen LogP contribution in [0.1, 0.15) is 33.6 Å². The second-order valence-corrected chi connectivity index (χ2v) is 4.43. The smallest absolute Gasteiger partial charge is 0.0655 e. The number of rotatable bonds is 3. The van der Waals surface area contributed by atoms with Crippen LogP contribution >= 0.6 is 0 Å². The Bertz CT molecular complexity index is 133. The summed E-state index contributed by atoms with van der Waals surface area (Å²) in [6.07, 6.45) is 2.53. The first-order valence-electron chi connectivity index (χ1n) is 4.30. The fraction of sp³-hybridized carbons (Fsp3) is 1.00. The second kappa shape index (κ2) is 2.76. The highest BCUT2D eigenvalue weighted by Crippen LogP contribution is 2.35. The molecular formula is C9H19NO. The minimum atomic E-state index is 0.00639. The molecule has 1 aliphatic carbocycles. The quantitative estimate of drug-likeness (QED) is 0.671. The maximum absolute atomic E-state index is 5.68. The number of likely N-dealkylation sites (N-methyl/N-ethyl adjacent to an activating group) is 1. The Morgan fingerprint density at radius 1 is 1.36 bits per heavy atom. The zero-order valence-corrected chi connectivity index (χ0v) is 8.03. The Morgan fingerprint density at radius 2 is 1.91 bits per heavy atom. The SMILES string of the molecule is CNC1(COC(C)(C)C)CC1. The maximum atomic E-state index is 5.68. The van der Waals surface area contributed by atoms with E-state index in [1.54, 1.807) is 0 Å². The lowest BCUT2D eigenvalue weighted by molar-refractivity contribution is -0.0177. The molecule has 0 aromatic carbocycles. The van der Waals surface area contributed by atoms with Crippen molar-refractivity contribution in [2.75, 3.05) is 13.7 Å². The Kier molecular flexibility index (Phi) is 2.26. The molecule has 0 unspecified atom stereocenters. The van der Waals surface area contributed by atoms with Gasteiger partial charge >= 0.3 is 0 Å². The van der Waals surface area contributed by atoms with E-state index in [-0.39, 0.29) is 5.60 Å². The van der Waals surface area contributed by atoms with E-state index in [9.17, 15) is 0 Å². The van der Waals surface area contributed by atoms with E-state index in [1.165, 1.54) is 12.8 Å². The van der Waals surface area contributed by atoms with Crippen molar-refractivity contribution in [3.63, 3.8) is 0 Å². The topological polar surface area (TPSA) is 21.3 Å². The average molecular weight is 157 g/mol. The molecule has 0 aliphatic heterocycles. The normalized spacial score (nSPS) is 21.8. The van der Waals surface area contributed by atoms with Gasteiger partial charge in [-0.15, -0.1) is 0 Å². The number of ether oxygens (including phenoxy) is 1. The van der Waals surface area contributed by atoms with Crippen LogP contribution in [0.25, 0.3) is 0 Å². The molecule has 0 atom stereocenters. The van der Waals surface area contributed by atoms with Gasteiger partial charge in [0.2, 0.25) is 0 Å². The molecule has 0 saturated heterocycles. The highest BCUT2D eigenvalue weighted by molar-refractivity contribution is 5.01. The third kappa shape index (κ3) is 2.80. The minimum Gasteiger partial charge on any atom is -0.374 e. The third-order valence-electron chi connectivity index (χ3n) is 2.17. The minimum absolute atomic E-state index is 0.00639. The van der Waals surface area contributed by atoms with Crippen molar-refractivity contribution < 1.29 is 4.74 Å². The van der Waals surface area contributed by atoms with Gasteiger partial charge in [0.1, 0.15) is 0 Å². The summed E-state index contributed by atoms with van der Waals surface area (Å²) in [5, 5.41) is 3.30. The summed E-state index contributed by atoms with van der Waals surface area (Å²) < 4.78 is 5.68. The molecular weight excluding hydrogens is 138 g/mol. The summed E-state index contributed by atoms with van der Waals surface area (Å²) in [5.41, 5.74) is 0.333. The van der Waals surface area contributed by atoms with Crippen LogP contribution in [-0.2, 0) is 4.74 Å². The summed E-state index contributed by atoms with van der Waals surface area (Å²) >= 11 is 0. The van der Waals surface area contributed by atoms with Crippen molar-refractivity contribution in [3.05, 3.63) is 0 Å². The molecule has 1 rings (SSSR count). The summed E-state index contributed by atoms with van der Waals surface area (Å²) in [7, 11) is 2.01. The first kappa shape index (κ1) is 9.01. The average Bonchev–Trinajstić information content (AvgIpc) is 2.63. The molecule has 66 valence electrons. The van der Waals surface area contributed by atoms with Gasteiger partial charge in [-0.3, -0.25) is 0 Å². The summed E-state index contributed by atoms with van der Waals surface area (Å²) in [5.74, 6) is 0. The molecule has 1 fully saturated rings. The van der Waals surface area contributed by atoms with Gasteiger partial charge in [-0.05, 0) is 40.7 Å². The predicted molar refractivity (Wildman–Crippen MR) is 46.7 cm³/mol. The molecule has 11 heavy (non-hydrogen) atoms. The van der Waals surface area contributed by atoms with Crippen LogP contribution < -0.4 is 5.32 Å². The van der Waals surface area contributed by atoms with E-state index in [0.29, 0.717) is 5.54 Å². The predicted octanol–water partition coefficient (Wildman–Crippen LogP) is 1.55. The van der Waals surface area contributed by atoms with Crippen molar-refractivity contribution in [2.24, 2.45) is 0 Å². The van der Waals surface area contributed by atoms with Gasteiger partial charge in [-0.2, -0.15) is 0 Å². The van der Waals surface area contributed by atoms with Crippen molar-refractivity contribution in [3.8, 4) is 0 Å². The van der Waals surface area contributed by atoms with Crippen LogP contribution in [0.5, 0.6) is 0 Å². The summed E-state index contributed by atoms with van der Waals surface area (Å²) in [6, 6.07) is 0. The molecule has 0 bridgehead atoms. The molecule has 0 amide bonds. The van der Waals surface area contributed by atoms with Crippen LogP contribution in [0.15, 0.2) is 0 Å². The molecule has 0 aromatic rings. The van der Waals surface area contributed by atoms with Crippen LogP contribution in [0.4, 0.5) is 0 Å². The van der Waals surface area contributed by atoms with Gasteiger partial charge < -0.3 is 10.1 Å². The van der Waals surface area contributed by atoms with E-state index in [2.05, 4.69) is 26.1 Å². The largest absolute Gasteiger partial charge is 0.374 e. The Balaban J connectivity index is 2.22. The molecule has 2 heteroatoms. The van der Waals surface area contributed by atoms with E-state index in [0.717, 1.165) is 6.61 Å². The molecule has 1 aliphatic rings. The Labute approximate surface area is 69.3 Å². The monoisotopic (exact) mass is 157 g/mol. The third-order valence-corrected chi connectivity index (χ3v) is 2.17. The highest BCUT2D eigenvalue weighted by atomic mass is 16.5. The van der Waals surface area contributed by atoms with Crippen molar-refractivity contribution in [1.82, 2.24) is 5.32 Å². The van der Waals surface area contributed by atoms with Crippen LogP contribution in [0.3, 0.4) is 0 Å². The highest BCUT2D eigenvalue weighted by Gasteiger charge is 2.42. The molecule has 2 nitrogen and oxygen atoms in total. The Morgan fingerprint density at radius 3 is 2.18 bits per heavy atom. The number of hydrogen-bond donors (Lipinski definition) is 1. The Hall–Kier alpha value is -0.0800. The summed E-state index contributed by atoms with van der Waals surface area (Å²) in [6.45, 7) is 7.14. The van der Waals surface area contributed by atoms with Gasteiger partial charge in [0.25, 0.3) is 0 Å². The maximum Gasteiger partial charge on any atom is 0.0655 e. The number of hydrogen-bond acceptors (Lipinski definition) is 2.